The summed E-state index contributed by atoms with van der Waals surface area (Å²) in [6.45, 7) is 1.81. The number of carbonyl (C=O) groups excluding carboxylic acids is 2. The van der Waals surface area contributed by atoms with Crippen LogP contribution in [0.15, 0.2) is 10.6 Å². The molecule has 1 aromatic heterocycles. The summed E-state index contributed by atoms with van der Waals surface area (Å²) in [7, 11) is 0. The maximum atomic E-state index is 11.5. The maximum absolute atomic E-state index is 11.5. The van der Waals surface area contributed by atoms with E-state index in [4.69, 9.17) is 15.4 Å². The lowest BCUT2D eigenvalue weighted by molar-refractivity contribution is -0.139. The number of amides is 3. The number of aryl methyl sites for hydroxylation is 1. The van der Waals surface area contributed by atoms with Gasteiger partial charge in [0.15, 0.2) is 5.76 Å². The number of carboxylic acid groups (broad SMARTS) is 1. The molecule has 0 saturated heterocycles. The second-order valence-electron chi connectivity index (χ2n) is 4.16. The number of urea groups is 1. The molecule has 9 nitrogen and oxygen atoms in total. The highest BCUT2D eigenvalue weighted by Gasteiger charge is 2.20. The van der Waals surface area contributed by atoms with Crippen LogP contribution in [0.25, 0.3) is 0 Å². The van der Waals surface area contributed by atoms with Crippen LogP contribution in [0.3, 0.4) is 0 Å². The lowest BCUT2D eigenvalue weighted by atomic mass is 10.1. The van der Waals surface area contributed by atoms with E-state index in [1.165, 1.54) is 0 Å². The van der Waals surface area contributed by atoms with Gasteiger partial charge in [0.05, 0.1) is 12.2 Å². The first-order valence-corrected chi connectivity index (χ1v) is 5.86. The Balaban J connectivity index is 2.41. The lowest BCUT2D eigenvalue weighted by Gasteiger charge is -2.13. The van der Waals surface area contributed by atoms with E-state index in [-0.39, 0.29) is 19.4 Å². The molecule has 1 rings (SSSR count). The molecule has 1 aromatic rings. The number of rotatable bonds is 7. The van der Waals surface area contributed by atoms with Crippen molar-refractivity contribution in [2.24, 2.45) is 5.73 Å². The van der Waals surface area contributed by atoms with Gasteiger partial charge in [0, 0.05) is 12.5 Å². The van der Waals surface area contributed by atoms with Crippen molar-refractivity contribution < 1.29 is 24.0 Å². The summed E-state index contributed by atoms with van der Waals surface area (Å²) in [6, 6.07) is -0.225. The lowest BCUT2D eigenvalue weighted by Crippen LogP contribution is -2.46. The topological polar surface area (TPSA) is 148 Å². The quantitative estimate of drug-likeness (QED) is 0.530. The molecule has 0 saturated carbocycles. The molecule has 0 radical (unpaired) electrons. The predicted octanol–water partition coefficient (Wildman–Crippen LogP) is -0.499. The molecule has 0 aromatic carbocycles. The molecule has 5 N–H and O–H groups in total. The Bertz CT molecular complexity index is 499. The van der Waals surface area contributed by atoms with Gasteiger partial charge >= 0.3 is 12.0 Å². The highest BCUT2D eigenvalue weighted by molar-refractivity contribution is 5.83. The minimum Gasteiger partial charge on any atom is -0.480 e. The largest absolute Gasteiger partial charge is 0.480 e. The van der Waals surface area contributed by atoms with Gasteiger partial charge in [-0.05, 0) is 13.3 Å². The van der Waals surface area contributed by atoms with Crippen LogP contribution >= 0.6 is 0 Å². The molecule has 1 heterocycles. The summed E-state index contributed by atoms with van der Waals surface area (Å²) in [5.41, 5.74) is 5.60. The summed E-state index contributed by atoms with van der Waals surface area (Å²) < 4.78 is 4.88. The molecule has 0 unspecified atom stereocenters. The Kier molecular flexibility index (Phi) is 5.51. The van der Waals surface area contributed by atoms with Crippen molar-refractivity contribution in [2.75, 3.05) is 0 Å². The Morgan fingerprint density at radius 3 is 2.70 bits per heavy atom. The highest BCUT2D eigenvalue weighted by Crippen LogP contribution is 2.01. The second kappa shape index (κ2) is 7.12. The van der Waals surface area contributed by atoms with Gasteiger partial charge in [-0.3, -0.25) is 4.79 Å². The Labute approximate surface area is 114 Å². The number of nitrogens with zero attached hydrogens (tertiary/aromatic N) is 1. The van der Waals surface area contributed by atoms with Gasteiger partial charge in [-0.1, -0.05) is 5.16 Å². The van der Waals surface area contributed by atoms with E-state index in [0.29, 0.717) is 11.5 Å². The molecule has 0 spiro atoms. The first-order valence-electron chi connectivity index (χ1n) is 5.86. The fourth-order valence-corrected chi connectivity index (χ4v) is 1.42. The smallest absolute Gasteiger partial charge is 0.326 e. The monoisotopic (exact) mass is 284 g/mol. The van der Waals surface area contributed by atoms with Gasteiger partial charge < -0.3 is 26.0 Å². The Hall–Kier alpha value is -2.58. The predicted molar refractivity (Wildman–Crippen MR) is 66.5 cm³/mol. The number of aliphatic carboxylic acids is 1. The zero-order valence-electron chi connectivity index (χ0n) is 10.9. The maximum Gasteiger partial charge on any atom is 0.326 e. The van der Waals surface area contributed by atoms with Crippen LogP contribution in [0.1, 0.15) is 24.3 Å². The van der Waals surface area contributed by atoms with Gasteiger partial charge in [0.1, 0.15) is 6.04 Å². The van der Waals surface area contributed by atoms with E-state index < -0.39 is 23.9 Å². The normalized spacial score (nSPS) is 11.7. The van der Waals surface area contributed by atoms with Crippen LogP contribution in [0.4, 0.5) is 4.79 Å². The van der Waals surface area contributed by atoms with E-state index in [2.05, 4.69) is 15.8 Å². The molecule has 9 heteroatoms. The van der Waals surface area contributed by atoms with Crippen LogP contribution in [0, 0.1) is 6.92 Å². The number of aromatic nitrogens is 1. The zero-order chi connectivity index (χ0) is 15.1. The SMILES string of the molecule is Cc1cc(CNC(=O)N[C@H](CCC(N)=O)C(=O)O)on1. The van der Waals surface area contributed by atoms with Crippen molar-refractivity contribution >= 4 is 17.9 Å². The van der Waals surface area contributed by atoms with Crippen molar-refractivity contribution in [1.82, 2.24) is 15.8 Å². The molecule has 3 amide bonds. The van der Waals surface area contributed by atoms with Crippen molar-refractivity contribution in [3.05, 3.63) is 17.5 Å². The van der Waals surface area contributed by atoms with Crippen molar-refractivity contribution in [2.45, 2.75) is 32.4 Å². The highest BCUT2D eigenvalue weighted by atomic mass is 16.5. The standard InChI is InChI=1S/C11H16N4O5/c1-6-4-7(20-15-6)5-13-11(19)14-8(10(17)18)2-3-9(12)16/h4,8H,2-3,5H2,1H3,(H2,12,16)(H,17,18)(H2,13,14,19)/t8-/m1/s1. The van der Waals surface area contributed by atoms with Gasteiger partial charge in [-0.25, -0.2) is 9.59 Å². The molecule has 0 fully saturated rings. The number of primary amides is 1. The van der Waals surface area contributed by atoms with E-state index in [1.807, 2.05) is 0 Å². The number of nitrogens with one attached hydrogen (secondary N) is 2. The number of carbonyl (C=O) groups is 3. The summed E-state index contributed by atoms with van der Waals surface area (Å²) in [5, 5.41) is 17.2. The minimum atomic E-state index is -1.24. The van der Waals surface area contributed by atoms with Crippen LogP contribution < -0.4 is 16.4 Å². The molecule has 1 atom stereocenters. The Morgan fingerprint density at radius 1 is 1.50 bits per heavy atom. The summed E-state index contributed by atoms with van der Waals surface area (Å²) >= 11 is 0. The molecule has 20 heavy (non-hydrogen) atoms. The summed E-state index contributed by atoms with van der Waals surface area (Å²) in [5.74, 6) is -1.42. The van der Waals surface area contributed by atoms with Gasteiger partial charge in [0.2, 0.25) is 5.91 Å². The van der Waals surface area contributed by atoms with Crippen molar-refractivity contribution in [3.8, 4) is 0 Å². The van der Waals surface area contributed by atoms with E-state index >= 15 is 0 Å². The third-order valence-corrected chi connectivity index (χ3v) is 2.38. The fraction of sp³-hybridized carbons (Fsp3) is 0.455. The average molecular weight is 284 g/mol. The fourth-order valence-electron chi connectivity index (χ4n) is 1.42. The molecule has 0 aliphatic carbocycles. The van der Waals surface area contributed by atoms with E-state index in [1.54, 1.807) is 13.0 Å². The molecular formula is C11H16N4O5. The van der Waals surface area contributed by atoms with Crippen LogP contribution in [-0.4, -0.2) is 34.2 Å². The van der Waals surface area contributed by atoms with E-state index in [0.717, 1.165) is 0 Å². The third-order valence-electron chi connectivity index (χ3n) is 2.38. The molecule has 110 valence electrons. The number of hydrogen-bond acceptors (Lipinski definition) is 5. The van der Waals surface area contributed by atoms with Crippen molar-refractivity contribution in [3.63, 3.8) is 0 Å². The van der Waals surface area contributed by atoms with Crippen LogP contribution in [0.2, 0.25) is 0 Å². The molecule has 0 bridgehead atoms. The molecule has 0 aliphatic heterocycles. The van der Waals surface area contributed by atoms with Gasteiger partial charge in [0.25, 0.3) is 0 Å². The first kappa shape index (κ1) is 15.5. The van der Waals surface area contributed by atoms with Gasteiger partial charge in [-0.15, -0.1) is 0 Å². The van der Waals surface area contributed by atoms with E-state index in [9.17, 15) is 14.4 Å². The third kappa shape index (κ3) is 5.38. The molecule has 0 aliphatic rings. The van der Waals surface area contributed by atoms with Crippen LogP contribution in [-0.2, 0) is 16.1 Å². The summed E-state index contributed by atoms with van der Waals surface area (Å²) in [4.78, 5) is 33.0. The summed E-state index contributed by atoms with van der Waals surface area (Å²) in [6.07, 6.45) is -0.196. The first-order chi connectivity index (χ1) is 9.38. The number of nitrogens with two attached hydrogens (primary N) is 1. The number of hydrogen-bond donors (Lipinski definition) is 4. The minimum absolute atomic E-state index is 0.0699. The van der Waals surface area contributed by atoms with Crippen molar-refractivity contribution in [1.29, 1.82) is 0 Å². The molecular weight excluding hydrogens is 268 g/mol. The number of carboxylic acids is 1. The Morgan fingerprint density at radius 2 is 2.20 bits per heavy atom. The van der Waals surface area contributed by atoms with Gasteiger partial charge in [-0.2, -0.15) is 0 Å². The zero-order valence-corrected chi connectivity index (χ0v) is 10.9. The average Bonchev–Trinajstić information content (AvgIpc) is 2.77. The second-order valence-corrected chi connectivity index (χ2v) is 4.16. The van der Waals surface area contributed by atoms with Crippen LogP contribution in [0.5, 0.6) is 0 Å².